The molecule has 0 aromatic carbocycles. The lowest BCUT2D eigenvalue weighted by atomic mass is 10.2. The van der Waals surface area contributed by atoms with Crippen molar-refractivity contribution in [1.29, 1.82) is 0 Å². The molecular weight excluding hydrogens is 210 g/mol. The number of anilines is 2. The Hall–Kier alpha value is -1.25. The maximum absolute atomic E-state index is 4.29. The Morgan fingerprint density at radius 2 is 1.88 bits per heavy atom. The van der Waals surface area contributed by atoms with Crippen LogP contribution >= 0.6 is 0 Å². The van der Waals surface area contributed by atoms with E-state index in [9.17, 15) is 0 Å². The molecule has 0 aliphatic heterocycles. The lowest BCUT2D eigenvalue weighted by Gasteiger charge is -2.25. The largest absolute Gasteiger partial charge is 0.373 e. The fourth-order valence-electron chi connectivity index (χ4n) is 2.26. The molecule has 1 aromatic heterocycles. The van der Waals surface area contributed by atoms with Gasteiger partial charge in [0.2, 0.25) is 0 Å². The van der Waals surface area contributed by atoms with Gasteiger partial charge in [-0.25, -0.2) is 4.98 Å². The third-order valence-corrected chi connectivity index (χ3v) is 3.72. The lowest BCUT2D eigenvalue weighted by Crippen LogP contribution is -2.28. The van der Waals surface area contributed by atoms with E-state index in [0.717, 1.165) is 17.7 Å². The first-order chi connectivity index (χ1) is 8.35. The summed E-state index contributed by atoms with van der Waals surface area (Å²) in [5.74, 6) is 2.86. The molecule has 2 aliphatic carbocycles. The molecule has 0 saturated heterocycles. The average molecular weight is 231 g/mol. The summed E-state index contributed by atoms with van der Waals surface area (Å²) in [7, 11) is 1.93. The van der Waals surface area contributed by atoms with Gasteiger partial charge in [0.15, 0.2) is 0 Å². The molecule has 92 valence electrons. The van der Waals surface area contributed by atoms with Gasteiger partial charge in [0.1, 0.15) is 5.82 Å². The molecule has 1 aromatic rings. The van der Waals surface area contributed by atoms with Crippen molar-refractivity contribution < 1.29 is 0 Å². The fourth-order valence-corrected chi connectivity index (χ4v) is 2.26. The summed E-state index contributed by atoms with van der Waals surface area (Å²) in [5.41, 5.74) is 1.34. The molecule has 3 rings (SSSR count). The fraction of sp³-hybridized carbons (Fsp3) is 0.643. The average Bonchev–Trinajstić information content (AvgIpc) is 3.23. The monoisotopic (exact) mass is 231 g/mol. The van der Waals surface area contributed by atoms with E-state index in [1.807, 2.05) is 13.2 Å². The molecule has 3 heteroatoms. The Bertz CT molecular complexity index is 369. The number of aromatic nitrogens is 1. The smallest absolute Gasteiger partial charge is 0.127 e. The number of nitrogens with one attached hydrogen (secondary N) is 1. The highest BCUT2D eigenvalue weighted by atomic mass is 15.1. The normalized spacial score (nSPS) is 19.1. The summed E-state index contributed by atoms with van der Waals surface area (Å²) in [4.78, 5) is 6.86. The van der Waals surface area contributed by atoms with Crippen molar-refractivity contribution >= 4 is 11.5 Å². The van der Waals surface area contributed by atoms with Gasteiger partial charge in [0.05, 0.1) is 0 Å². The van der Waals surface area contributed by atoms with Crippen molar-refractivity contribution in [1.82, 2.24) is 4.98 Å². The quantitative estimate of drug-likeness (QED) is 0.816. The minimum absolute atomic E-state index is 0.944. The zero-order valence-corrected chi connectivity index (χ0v) is 10.5. The van der Waals surface area contributed by atoms with Crippen LogP contribution in [0.4, 0.5) is 11.5 Å². The summed E-state index contributed by atoms with van der Waals surface area (Å²) in [5, 5.41) is 3.12. The van der Waals surface area contributed by atoms with Gasteiger partial charge >= 0.3 is 0 Å². The van der Waals surface area contributed by atoms with Gasteiger partial charge in [-0.05, 0) is 43.6 Å². The van der Waals surface area contributed by atoms with E-state index in [1.54, 1.807) is 0 Å². The molecule has 2 fully saturated rings. The van der Waals surface area contributed by atoms with Gasteiger partial charge in [-0.1, -0.05) is 0 Å². The van der Waals surface area contributed by atoms with Crippen LogP contribution < -0.4 is 10.2 Å². The van der Waals surface area contributed by atoms with Gasteiger partial charge < -0.3 is 10.2 Å². The predicted molar refractivity (Wildman–Crippen MR) is 71.4 cm³/mol. The van der Waals surface area contributed by atoms with Gasteiger partial charge in [-0.15, -0.1) is 0 Å². The van der Waals surface area contributed by atoms with Crippen molar-refractivity contribution in [2.24, 2.45) is 11.8 Å². The molecule has 0 radical (unpaired) electrons. The topological polar surface area (TPSA) is 28.2 Å². The summed E-state index contributed by atoms with van der Waals surface area (Å²) in [6.07, 6.45) is 7.60. The Kier molecular flexibility index (Phi) is 2.91. The Balaban J connectivity index is 1.73. The molecule has 1 heterocycles. The molecule has 0 amide bonds. The first-order valence-electron chi connectivity index (χ1n) is 6.74. The van der Waals surface area contributed by atoms with Crippen molar-refractivity contribution in [3.63, 3.8) is 0 Å². The van der Waals surface area contributed by atoms with E-state index < -0.39 is 0 Å². The second-order valence-electron chi connectivity index (χ2n) is 5.44. The zero-order chi connectivity index (χ0) is 11.7. The van der Waals surface area contributed by atoms with E-state index in [2.05, 4.69) is 27.3 Å². The van der Waals surface area contributed by atoms with E-state index in [-0.39, 0.29) is 0 Å². The van der Waals surface area contributed by atoms with Gasteiger partial charge in [-0.2, -0.15) is 0 Å². The number of rotatable bonds is 6. The van der Waals surface area contributed by atoms with E-state index in [0.29, 0.717) is 0 Å². The van der Waals surface area contributed by atoms with Crippen molar-refractivity contribution in [3.8, 4) is 0 Å². The number of pyridine rings is 1. The zero-order valence-electron chi connectivity index (χ0n) is 10.5. The molecule has 0 bridgehead atoms. The Labute approximate surface area is 103 Å². The minimum atomic E-state index is 0.944. The van der Waals surface area contributed by atoms with Crippen LogP contribution in [0.2, 0.25) is 0 Å². The van der Waals surface area contributed by atoms with Crippen LogP contribution in [0.15, 0.2) is 18.3 Å². The Morgan fingerprint density at radius 3 is 2.41 bits per heavy atom. The van der Waals surface area contributed by atoms with Crippen LogP contribution in [0.1, 0.15) is 25.7 Å². The molecule has 3 nitrogen and oxygen atoms in total. The maximum Gasteiger partial charge on any atom is 0.127 e. The predicted octanol–water partition coefficient (Wildman–Crippen LogP) is 2.75. The molecule has 17 heavy (non-hydrogen) atoms. The van der Waals surface area contributed by atoms with Crippen molar-refractivity contribution in [2.75, 3.05) is 30.4 Å². The highest BCUT2D eigenvalue weighted by Gasteiger charge is 2.29. The van der Waals surface area contributed by atoms with Crippen LogP contribution in [0.3, 0.4) is 0 Å². The SMILES string of the molecule is CNc1cc(N(CC2CC2)CC2CC2)ccn1. The van der Waals surface area contributed by atoms with E-state index in [4.69, 9.17) is 0 Å². The van der Waals surface area contributed by atoms with Crippen LogP contribution in [-0.2, 0) is 0 Å². The number of hydrogen-bond donors (Lipinski definition) is 1. The first-order valence-corrected chi connectivity index (χ1v) is 6.74. The molecular formula is C14H21N3. The molecule has 1 N–H and O–H groups in total. The summed E-state index contributed by atoms with van der Waals surface area (Å²) in [6, 6.07) is 4.32. The van der Waals surface area contributed by atoms with Crippen molar-refractivity contribution in [2.45, 2.75) is 25.7 Å². The second kappa shape index (κ2) is 4.55. The van der Waals surface area contributed by atoms with E-state index >= 15 is 0 Å². The van der Waals surface area contributed by atoms with Crippen LogP contribution in [-0.4, -0.2) is 25.1 Å². The van der Waals surface area contributed by atoms with Crippen molar-refractivity contribution in [3.05, 3.63) is 18.3 Å². The molecule has 0 spiro atoms. The molecule has 2 saturated carbocycles. The van der Waals surface area contributed by atoms with E-state index in [1.165, 1.54) is 44.5 Å². The van der Waals surface area contributed by atoms with Crippen LogP contribution in [0.25, 0.3) is 0 Å². The minimum Gasteiger partial charge on any atom is -0.373 e. The van der Waals surface area contributed by atoms with Crippen LogP contribution in [0, 0.1) is 11.8 Å². The van der Waals surface area contributed by atoms with Crippen LogP contribution in [0.5, 0.6) is 0 Å². The summed E-state index contributed by atoms with van der Waals surface area (Å²) < 4.78 is 0. The summed E-state index contributed by atoms with van der Waals surface area (Å²) in [6.45, 7) is 2.48. The number of hydrogen-bond acceptors (Lipinski definition) is 3. The maximum atomic E-state index is 4.29. The van der Waals surface area contributed by atoms with Gasteiger partial charge in [0, 0.05) is 38.1 Å². The summed E-state index contributed by atoms with van der Waals surface area (Å²) >= 11 is 0. The highest BCUT2D eigenvalue weighted by Crippen LogP contribution is 2.35. The van der Waals surface area contributed by atoms with Gasteiger partial charge in [0.25, 0.3) is 0 Å². The first kappa shape index (κ1) is 10.9. The molecule has 2 aliphatic rings. The molecule has 0 unspecified atom stereocenters. The second-order valence-corrected chi connectivity index (χ2v) is 5.44. The number of nitrogens with zero attached hydrogens (tertiary/aromatic N) is 2. The standard InChI is InChI=1S/C14H21N3/c1-15-14-8-13(6-7-16-14)17(9-11-2-3-11)10-12-4-5-12/h6-8,11-12H,2-5,9-10H2,1H3,(H,15,16). The van der Waals surface area contributed by atoms with Gasteiger partial charge in [-0.3, -0.25) is 0 Å². The Morgan fingerprint density at radius 1 is 1.24 bits per heavy atom. The molecule has 0 atom stereocenters. The third kappa shape index (κ3) is 2.90. The third-order valence-electron chi connectivity index (χ3n) is 3.72. The highest BCUT2D eigenvalue weighted by molar-refractivity contribution is 5.54. The lowest BCUT2D eigenvalue weighted by molar-refractivity contribution is 0.679.